The van der Waals surface area contributed by atoms with Crippen molar-refractivity contribution < 1.29 is 4.79 Å². The first-order chi connectivity index (χ1) is 5.72. The van der Waals surface area contributed by atoms with E-state index in [1.54, 1.807) is 24.6 Å². The Bertz CT molecular complexity index is 268. The van der Waals surface area contributed by atoms with Gasteiger partial charge >= 0.3 is 6.41 Å². The SMILES string of the molecule is O=[C]NCc1cc(Cl)cc(Cl)c1. The van der Waals surface area contributed by atoms with Crippen LogP contribution >= 0.6 is 23.2 Å². The fourth-order valence-electron chi connectivity index (χ4n) is 0.851. The van der Waals surface area contributed by atoms with Crippen LogP contribution in [-0.2, 0) is 11.3 Å². The first-order valence-corrected chi connectivity index (χ1v) is 4.03. The molecule has 12 heavy (non-hydrogen) atoms. The van der Waals surface area contributed by atoms with E-state index in [-0.39, 0.29) is 0 Å². The molecular formula is C8H6Cl2NO. The summed E-state index contributed by atoms with van der Waals surface area (Å²) in [6, 6.07) is 5.10. The Kier molecular flexibility index (Phi) is 3.38. The van der Waals surface area contributed by atoms with Gasteiger partial charge in [-0.15, -0.1) is 0 Å². The Hall–Kier alpha value is -0.730. The van der Waals surface area contributed by atoms with Crippen molar-refractivity contribution in [1.82, 2.24) is 5.32 Å². The molecule has 2 nitrogen and oxygen atoms in total. The smallest absolute Gasteiger partial charge is 0.309 e. The number of hydrogen-bond acceptors (Lipinski definition) is 1. The summed E-state index contributed by atoms with van der Waals surface area (Å²) >= 11 is 11.4. The highest BCUT2D eigenvalue weighted by Crippen LogP contribution is 2.18. The van der Waals surface area contributed by atoms with E-state index in [1.165, 1.54) is 0 Å². The standard InChI is InChI=1S/C8H6Cl2NO/c9-7-1-6(4-11-5-12)2-8(10)3-7/h1-3H,4H2,(H,11,12). The number of carbonyl (C=O) groups excluding carboxylic acids is 1. The number of halogens is 2. The first kappa shape index (κ1) is 9.36. The molecule has 63 valence electrons. The zero-order valence-electron chi connectivity index (χ0n) is 6.10. The topological polar surface area (TPSA) is 29.1 Å². The second-order valence-electron chi connectivity index (χ2n) is 2.23. The molecule has 1 aromatic rings. The molecule has 4 heteroatoms. The lowest BCUT2D eigenvalue weighted by Gasteiger charge is -2.00. The van der Waals surface area contributed by atoms with Gasteiger partial charge in [0.05, 0.1) is 0 Å². The molecule has 0 bridgehead atoms. The number of benzene rings is 1. The van der Waals surface area contributed by atoms with Gasteiger partial charge in [0, 0.05) is 16.6 Å². The number of nitrogens with one attached hydrogen (secondary N) is 1. The molecule has 0 heterocycles. The Morgan fingerprint density at radius 2 is 1.83 bits per heavy atom. The Balaban J connectivity index is 2.78. The van der Waals surface area contributed by atoms with Crippen molar-refractivity contribution in [3.63, 3.8) is 0 Å². The minimum atomic E-state index is 0.393. The van der Waals surface area contributed by atoms with Gasteiger partial charge in [-0.25, -0.2) is 0 Å². The van der Waals surface area contributed by atoms with E-state index < -0.39 is 0 Å². The lowest BCUT2D eigenvalue weighted by atomic mass is 10.2. The lowest BCUT2D eigenvalue weighted by Crippen LogP contribution is -2.09. The predicted molar refractivity (Wildman–Crippen MR) is 49.0 cm³/mol. The highest BCUT2D eigenvalue weighted by atomic mass is 35.5. The second-order valence-corrected chi connectivity index (χ2v) is 3.11. The van der Waals surface area contributed by atoms with Crippen LogP contribution in [0.1, 0.15) is 5.56 Å². The van der Waals surface area contributed by atoms with E-state index in [1.807, 2.05) is 0 Å². The summed E-state index contributed by atoms with van der Waals surface area (Å²) in [6.45, 7) is 0.393. The Morgan fingerprint density at radius 1 is 1.25 bits per heavy atom. The van der Waals surface area contributed by atoms with Crippen molar-refractivity contribution in [2.45, 2.75) is 6.54 Å². The summed E-state index contributed by atoms with van der Waals surface area (Å²) in [4.78, 5) is 9.85. The van der Waals surface area contributed by atoms with Crippen LogP contribution in [0.4, 0.5) is 0 Å². The van der Waals surface area contributed by atoms with E-state index in [2.05, 4.69) is 5.32 Å². The molecule has 1 radical (unpaired) electrons. The maximum absolute atomic E-state index is 9.85. The molecule has 0 fully saturated rings. The van der Waals surface area contributed by atoms with E-state index in [0.717, 1.165) is 5.56 Å². The third kappa shape index (κ3) is 2.72. The predicted octanol–water partition coefficient (Wildman–Crippen LogP) is 2.15. The summed E-state index contributed by atoms with van der Waals surface area (Å²) in [5.41, 5.74) is 0.857. The molecule has 1 aromatic carbocycles. The van der Waals surface area contributed by atoms with Gasteiger partial charge < -0.3 is 5.32 Å². The molecule has 1 rings (SSSR count). The van der Waals surface area contributed by atoms with Crippen molar-refractivity contribution in [3.05, 3.63) is 33.8 Å². The summed E-state index contributed by atoms with van der Waals surface area (Å²) in [5, 5.41) is 3.52. The molecule has 0 unspecified atom stereocenters. The van der Waals surface area contributed by atoms with Crippen molar-refractivity contribution in [3.8, 4) is 0 Å². The minimum absolute atomic E-state index is 0.393. The van der Waals surface area contributed by atoms with Crippen molar-refractivity contribution in [2.24, 2.45) is 0 Å². The molecule has 1 N–H and O–H groups in total. The van der Waals surface area contributed by atoms with Gasteiger partial charge in [-0.05, 0) is 23.8 Å². The van der Waals surface area contributed by atoms with E-state index in [0.29, 0.717) is 16.6 Å². The van der Waals surface area contributed by atoms with Crippen molar-refractivity contribution in [2.75, 3.05) is 0 Å². The maximum Gasteiger partial charge on any atom is 0.309 e. The minimum Gasteiger partial charge on any atom is -0.344 e. The Labute approximate surface area is 80.5 Å². The van der Waals surface area contributed by atoms with Gasteiger partial charge in [0.1, 0.15) is 0 Å². The molecule has 0 saturated heterocycles. The van der Waals surface area contributed by atoms with Crippen LogP contribution in [0.2, 0.25) is 10.0 Å². The van der Waals surface area contributed by atoms with Crippen molar-refractivity contribution in [1.29, 1.82) is 0 Å². The molecular weight excluding hydrogens is 197 g/mol. The van der Waals surface area contributed by atoms with E-state index >= 15 is 0 Å². The molecule has 0 saturated carbocycles. The van der Waals surface area contributed by atoms with Crippen LogP contribution in [0.25, 0.3) is 0 Å². The van der Waals surface area contributed by atoms with Crippen LogP contribution < -0.4 is 5.32 Å². The summed E-state index contributed by atoms with van der Waals surface area (Å²) in [7, 11) is 0. The quantitative estimate of drug-likeness (QED) is 0.749. The molecule has 0 aliphatic heterocycles. The molecule has 0 aliphatic carbocycles. The third-order valence-electron chi connectivity index (χ3n) is 1.29. The van der Waals surface area contributed by atoms with Gasteiger partial charge in [-0.2, -0.15) is 0 Å². The normalized spacial score (nSPS) is 9.50. The second kappa shape index (κ2) is 4.33. The maximum atomic E-state index is 9.85. The first-order valence-electron chi connectivity index (χ1n) is 3.27. The van der Waals surface area contributed by atoms with Gasteiger partial charge in [0.2, 0.25) is 0 Å². The average molecular weight is 203 g/mol. The molecule has 0 atom stereocenters. The number of rotatable bonds is 3. The van der Waals surface area contributed by atoms with Gasteiger partial charge in [-0.3, -0.25) is 4.79 Å². The fourth-order valence-corrected chi connectivity index (χ4v) is 1.42. The Morgan fingerprint density at radius 3 is 2.33 bits per heavy atom. The van der Waals surface area contributed by atoms with Crippen LogP contribution in [0.5, 0.6) is 0 Å². The number of hydrogen-bond donors (Lipinski definition) is 1. The lowest BCUT2D eigenvalue weighted by molar-refractivity contribution is 0.542. The van der Waals surface area contributed by atoms with E-state index in [9.17, 15) is 4.79 Å². The third-order valence-corrected chi connectivity index (χ3v) is 1.72. The van der Waals surface area contributed by atoms with Gasteiger partial charge in [0.25, 0.3) is 0 Å². The monoisotopic (exact) mass is 202 g/mol. The summed E-state index contributed by atoms with van der Waals surface area (Å²) in [6.07, 6.45) is 1.57. The zero-order valence-corrected chi connectivity index (χ0v) is 7.62. The molecule has 0 spiro atoms. The van der Waals surface area contributed by atoms with E-state index in [4.69, 9.17) is 23.2 Å². The van der Waals surface area contributed by atoms with Crippen LogP contribution in [0, 0.1) is 0 Å². The number of amides is 1. The highest BCUT2D eigenvalue weighted by Gasteiger charge is 1.96. The average Bonchev–Trinajstić information content (AvgIpc) is 1.99. The molecule has 0 aromatic heterocycles. The molecule has 1 amide bonds. The van der Waals surface area contributed by atoms with Gasteiger partial charge in [0.15, 0.2) is 0 Å². The van der Waals surface area contributed by atoms with Gasteiger partial charge in [-0.1, -0.05) is 23.2 Å². The van der Waals surface area contributed by atoms with Crippen molar-refractivity contribution >= 4 is 29.6 Å². The molecule has 0 aliphatic rings. The highest BCUT2D eigenvalue weighted by molar-refractivity contribution is 6.34. The van der Waals surface area contributed by atoms with Crippen LogP contribution in [0.3, 0.4) is 0 Å². The summed E-state index contributed by atoms with van der Waals surface area (Å²) in [5.74, 6) is 0. The fraction of sp³-hybridized carbons (Fsp3) is 0.125. The summed E-state index contributed by atoms with van der Waals surface area (Å²) < 4.78 is 0. The zero-order chi connectivity index (χ0) is 8.97. The largest absolute Gasteiger partial charge is 0.344 e. The van der Waals surface area contributed by atoms with Crippen LogP contribution in [0.15, 0.2) is 18.2 Å². The van der Waals surface area contributed by atoms with Crippen LogP contribution in [-0.4, -0.2) is 6.41 Å².